The van der Waals surface area contributed by atoms with Gasteiger partial charge in [0.05, 0.1) is 17.6 Å². The molecule has 0 aliphatic carbocycles. The fourth-order valence-electron chi connectivity index (χ4n) is 2.23. The van der Waals surface area contributed by atoms with E-state index >= 15 is 0 Å². The normalized spacial score (nSPS) is 10.4. The number of pyridine rings is 2. The number of aromatic nitrogens is 6. The summed E-state index contributed by atoms with van der Waals surface area (Å²) in [6.45, 7) is 0. The first-order valence-corrected chi connectivity index (χ1v) is 9.43. The number of hydrogen-bond donors (Lipinski definition) is 0. The van der Waals surface area contributed by atoms with E-state index in [1.807, 2.05) is 31.4 Å². The van der Waals surface area contributed by atoms with E-state index in [2.05, 4.69) is 52.0 Å². The maximum atomic E-state index is 13.3. The summed E-state index contributed by atoms with van der Waals surface area (Å²) in [6, 6.07) is 9.35. The van der Waals surface area contributed by atoms with Crippen LogP contribution < -0.4 is 0 Å². The van der Waals surface area contributed by atoms with Gasteiger partial charge in [0.2, 0.25) is 0 Å². The number of nitrogens with zero attached hydrogens (tertiary/aromatic N) is 6. The molecule has 6 nitrogen and oxygen atoms in total. The highest BCUT2D eigenvalue weighted by atomic mass is 79.9. The third-order valence-corrected chi connectivity index (χ3v) is 4.40. The molecule has 27 heavy (non-hydrogen) atoms. The van der Waals surface area contributed by atoms with Crippen LogP contribution in [0.4, 0.5) is 4.39 Å². The van der Waals surface area contributed by atoms with Gasteiger partial charge in [0.25, 0.3) is 0 Å². The third kappa shape index (κ3) is 5.08. The van der Waals surface area contributed by atoms with Crippen LogP contribution >= 0.6 is 31.9 Å². The van der Waals surface area contributed by atoms with Crippen molar-refractivity contribution in [2.24, 2.45) is 14.1 Å². The van der Waals surface area contributed by atoms with Gasteiger partial charge in [-0.2, -0.15) is 10.2 Å². The minimum atomic E-state index is -0.359. The molecule has 4 heterocycles. The molecule has 0 radical (unpaired) electrons. The van der Waals surface area contributed by atoms with Gasteiger partial charge in [-0.05, 0) is 62.2 Å². The Morgan fingerprint density at radius 2 is 1.41 bits per heavy atom. The molecule has 0 saturated carbocycles. The topological polar surface area (TPSA) is 61.4 Å². The van der Waals surface area contributed by atoms with E-state index in [-0.39, 0.29) is 11.5 Å². The summed E-state index contributed by atoms with van der Waals surface area (Å²) in [5.41, 5.74) is 2.60. The zero-order valence-electron chi connectivity index (χ0n) is 14.5. The lowest BCUT2D eigenvalue weighted by Gasteiger charge is -1.95. The summed E-state index contributed by atoms with van der Waals surface area (Å²) in [6.07, 6.45) is 6.60. The molecule has 0 bridgehead atoms. The summed E-state index contributed by atoms with van der Waals surface area (Å²) in [5, 5.41) is 8.22. The molecular formula is C18H15Br2FN6. The fraction of sp³-hybridized carbons (Fsp3) is 0.111. The van der Waals surface area contributed by atoms with E-state index in [4.69, 9.17) is 0 Å². The molecule has 0 atom stereocenters. The van der Waals surface area contributed by atoms with Crippen LogP contribution in [0.1, 0.15) is 0 Å². The zero-order chi connectivity index (χ0) is 19.4. The van der Waals surface area contributed by atoms with Gasteiger partial charge in [-0.1, -0.05) is 0 Å². The van der Waals surface area contributed by atoms with Crippen molar-refractivity contribution in [1.29, 1.82) is 0 Å². The Kier molecular flexibility index (Phi) is 6.12. The molecule has 4 rings (SSSR count). The lowest BCUT2D eigenvalue weighted by Crippen LogP contribution is -1.89. The van der Waals surface area contributed by atoms with Gasteiger partial charge < -0.3 is 0 Å². The van der Waals surface area contributed by atoms with E-state index in [1.165, 1.54) is 10.9 Å². The maximum Gasteiger partial charge on any atom is 0.170 e. The van der Waals surface area contributed by atoms with Crippen molar-refractivity contribution < 1.29 is 4.39 Å². The van der Waals surface area contributed by atoms with Crippen molar-refractivity contribution >= 4 is 31.9 Å². The minimum Gasteiger partial charge on any atom is -0.275 e. The van der Waals surface area contributed by atoms with Crippen molar-refractivity contribution in [3.63, 3.8) is 0 Å². The predicted octanol–water partition coefficient (Wildman–Crippen LogP) is 4.63. The summed E-state index contributed by atoms with van der Waals surface area (Å²) >= 11 is 6.59. The standard InChI is InChI=1S/C9H7BrFN3.C9H8BrN3/c1-14-5-7(11)9(13-14)8-3-2-6(10)4-12-8;1-13-5-4-9(12-13)8-3-2-7(10)6-11-8/h2-5H,1H3;2-6H,1H3. The lowest BCUT2D eigenvalue weighted by atomic mass is 10.3. The molecule has 4 aromatic rings. The third-order valence-electron chi connectivity index (χ3n) is 3.46. The monoisotopic (exact) mass is 492 g/mol. The van der Waals surface area contributed by atoms with E-state index in [1.54, 1.807) is 36.3 Å². The molecule has 0 aromatic carbocycles. The first-order chi connectivity index (χ1) is 12.9. The highest BCUT2D eigenvalue weighted by molar-refractivity contribution is 9.10. The van der Waals surface area contributed by atoms with Crippen molar-refractivity contribution in [3.05, 3.63) is 69.9 Å². The van der Waals surface area contributed by atoms with Crippen LogP contribution in [0.5, 0.6) is 0 Å². The smallest absolute Gasteiger partial charge is 0.170 e. The first-order valence-electron chi connectivity index (χ1n) is 7.85. The van der Waals surface area contributed by atoms with Crippen LogP contribution in [-0.2, 0) is 14.1 Å². The van der Waals surface area contributed by atoms with Gasteiger partial charge in [0.15, 0.2) is 5.82 Å². The average Bonchev–Trinajstić information content (AvgIpc) is 3.22. The Morgan fingerprint density at radius 1 is 0.778 bits per heavy atom. The van der Waals surface area contributed by atoms with E-state index in [0.29, 0.717) is 5.69 Å². The number of rotatable bonds is 2. The lowest BCUT2D eigenvalue weighted by molar-refractivity contribution is 0.627. The fourth-order valence-corrected chi connectivity index (χ4v) is 2.70. The second-order valence-corrected chi connectivity index (χ2v) is 7.43. The number of halogens is 3. The predicted molar refractivity (Wildman–Crippen MR) is 108 cm³/mol. The summed E-state index contributed by atoms with van der Waals surface area (Å²) < 4.78 is 18.3. The maximum absolute atomic E-state index is 13.3. The van der Waals surface area contributed by atoms with Gasteiger partial charge in [-0.3, -0.25) is 19.3 Å². The molecule has 0 saturated heterocycles. The number of aryl methyl sites for hydroxylation is 2. The first kappa shape index (κ1) is 19.4. The zero-order valence-corrected chi connectivity index (χ0v) is 17.7. The number of hydrogen-bond acceptors (Lipinski definition) is 4. The Labute approximate surface area is 172 Å². The van der Waals surface area contributed by atoms with E-state index in [9.17, 15) is 4.39 Å². The van der Waals surface area contributed by atoms with E-state index < -0.39 is 0 Å². The second-order valence-electron chi connectivity index (χ2n) is 5.60. The van der Waals surface area contributed by atoms with Crippen LogP contribution in [0, 0.1) is 5.82 Å². The van der Waals surface area contributed by atoms with Crippen molar-refractivity contribution in [1.82, 2.24) is 29.5 Å². The molecule has 0 aliphatic heterocycles. The summed E-state index contributed by atoms with van der Waals surface area (Å²) in [4.78, 5) is 8.30. The summed E-state index contributed by atoms with van der Waals surface area (Å²) in [5.74, 6) is -0.359. The van der Waals surface area contributed by atoms with Gasteiger partial charge in [0, 0.05) is 41.6 Å². The Bertz CT molecular complexity index is 1020. The molecule has 138 valence electrons. The van der Waals surface area contributed by atoms with Gasteiger partial charge >= 0.3 is 0 Å². The molecule has 4 aromatic heterocycles. The van der Waals surface area contributed by atoms with Crippen LogP contribution in [0.3, 0.4) is 0 Å². The van der Waals surface area contributed by atoms with Gasteiger partial charge in [-0.25, -0.2) is 4.39 Å². The van der Waals surface area contributed by atoms with Crippen molar-refractivity contribution in [2.75, 3.05) is 0 Å². The Balaban J connectivity index is 0.000000156. The van der Waals surface area contributed by atoms with Crippen molar-refractivity contribution in [3.8, 4) is 22.8 Å². The minimum absolute atomic E-state index is 0.278. The highest BCUT2D eigenvalue weighted by Crippen LogP contribution is 2.19. The molecule has 0 amide bonds. The molecule has 0 N–H and O–H groups in total. The quantitative estimate of drug-likeness (QED) is 0.408. The molecule has 0 unspecified atom stereocenters. The van der Waals surface area contributed by atoms with E-state index in [0.717, 1.165) is 20.3 Å². The van der Waals surface area contributed by atoms with Crippen LogP contribution in [0.15, 0.2) is 64.1 Å². The van der Waals surface area contributed by atoms with Crippen LogP contribution in [0.2, 0.25) is 0 Å². The van der Waals surface area contributed by atoms with Crippen molar-refractivity contribution in [2.45, 2.75) is 0 Å². The average molecular weight is 494 g/mol. The van der Waals surface area contributed by atoms with Gasteiger partial charge in [0.1, 0.15) is 11.4 Å². The second kappa shape index (κ2) is 8.53. The molecule has 0 aliphatic rings. The molecule has 9 heteroatoms. The van der Waals surface area contributed by atoms with Gasteiger partial charge in [-0.15, -0.1) is 0 Å². The SMILES string of the molecule is Cn1cc(F)c(-c2ccc(Br)cn2)n1.Cn1ccc(-c2ccc(Br)cn2)n1. The Hall–Kier alpha value is -2.39. The Morgan fingerprint density at radius 3 is 1.85 bits per heavy atom. The summed E-state index contributed by atoms with van der Waals surface area (Å²) in [7, 11) is 3.56. The molecule has 0 fully saturated rings. The van der Waals surface area contributed by atoms with Crippen LogP contribution in [-0.4, -0.2) is 29.5 Å². The molecular weight excluding hydrogens is 479 g/mol. The van der Waals surface area contributed by atoms with Crippen LogP contribution in [0.25, 0.3) is 22.8 Å². The largest absolute Gasteiger partial charge is 0.275 e. The highest BCUT2D eigenvalue weighted by Gasteiger charge is 2.10. The molecule has 0 spiro atoms.